The molecule has 1 saturated carbocycles. The molecular formula is C13H14N2O3S. The van der Waals surface area contributed by atoms with Crippen LogP contribution in [-0.4, -0.2) is 22.7 Å². The van der Waals surface area contributed by atoms with Crippen molar-refractivity contribution in [1.82, 2.24) is 10.1 Å². The van der Waals surface area contributed by atoms with Crippen LogP contribution in [0.25, 0.3) is 10.7 Å². The maximum absolute atomic E-state index is 12.1. The molecule has 19 heavy (non-hydrogen) atoms. The molecule has 1 aliphatic rings. The minimum absolute atomic E-state index is 0.248. The second-order valence-corrected chi connectivity index (χ2v) is 5.50. The van der Waals surface area contributed by atoms with Gasteiger partial charge in [-0.1, -0.05) is 17.6 Å². The van der Waals surface area contributed by atoms with E-state index in [9.17, 15) is 4.79 Å². The Bertz CT molecular complexity index is 572. The molecule has 3 rings (SSSR count). The molecule has 0 atom stereocenters. The number of nitrogens with zero attached hydrogens (tertiary/aromatic N) is 2. The predicted octanol–water partition coefficient (Wildman–Crippen LogP) is 2.78. The van der Waals surface area contributed by atoms with Crippen LogP contribution in [0.15, 0.2) is 22.0 Å². The molecule has 0 spiro atoms. The van der Waals surface area contributed by atoms with E-state index in [1.54, 1.807) is 18.3 Å². The fourth-order valence-electron chi connectivity index (χ4n) is 2.23. The Kier molecular flexibility index (Phi) is 3.10. The lowest BCUT2D eigenvalue weighted by Gasteiger charge is -2.35. The predicted molar refractivity (Wildman–Crippen MR) is 69.8 cm³/mol. The van der Waals surface area contributed by atoms with Gasteiger partial charge in [-0.3, -0.25) is 4.79 Å². The van der Waals surface area contributed by atoms with E-state index >= 15 is 0 Å². The van der Waals surface area contributed by atoms with Crippen molar-refractivity contribution in [3.8, 4) is 10.7 Å². The topological polar surface area (TPSA) is 65.2 Å². The second kappa shape index (κ2) is 4.77. The van der Waals surface area contributed by atoms with Gasteiger partial charge in [0.1, 0.15) is 5.41 Å². The lowest BCUT2D eigenvalue weighted by molar-refractivity contribution is -0.155. The van der Waals surface area contributed by atoms with E-state index in [-0.39, 0.29) is 5.97 Å². The highest BCUT2D eigenvalue weighted by atomic mass is 32.1. The minimum atomic E-state index is -0.710. The molecular weight excluding hydrogens is 264 g/mol. The summed E-state index contributed by atoms with van der Waals surface area (Å²) in [6.45, 7) is 2.17. The zero-order valence-corrected chi connectivity index (χ0v) is 11.4. The number of hydrogen-bond acceptors (Lipinski definition) is 6. The fraction of sp³-hybridized carbons (Fsp3) is 0.462. The Morgan fingerprint density at radius 2 is 2.42 bits per heavy atom. The first-order valence-electron chi connectivity index (χ1n) is 6.31. The van der Waals surface area contributed by atoms with Gasteiger partial charge in [-0.05, 0) is 31.2 Å². The Hall–Kier alpha value is -1.69. The molecule has 2 aromatic heterocycles. The number of aromatic nitrogens is 2. The SMILES string of the molecule is CCOC(=O)C1(c2nc(-c3cccs3)no2)CCC1. The molecule has 6 heteroatoms. The largest absolute Gasteiger partial charge is 0.465 e. The molecule has 100 valence electrons. The average Bonchev–Trinajstić information content (AvgIpc) is 2.97. The molecule has 5 nitrogen and oxygen atoms in total. The van der Waals surface area contributed by atoms with E-state index in [0.29, 0.717) is 18.3 Å². The van der Waals surface area contributed by atoms with Gasteiger partial charge in [0.15, 0.2) is 0 Å². The second-order valence-electron chi connectivity index (χ2n) is 4.56. The molecule has 0 saturated heterocycles. The number of ether oxygens (including phenoxy) is 1. The summed E-state index contributed by atoms with van der Waals surface area (Å²) in [4.78, 5) is 17.4. The van der Waals surface area contributed by atoms with Crippen molar-refractivity contribution < 1.29 is 14.1 Å². The summed E-state index contributed by atoms with van der Waals surface area (Å²) < 4.78 is 10.4. The molecule has 1 fully saturated rings. The highest BCUT2D eigenvalue weighted by Gasteiger charge is 2.52. The van der Waals surface area contributed by atoms with Gasteiger partial charge in [0.2, 0.25) is 11.7 Å². The maximum Gasteiger partial charge on any atom is 0.321 e. The molecule has 0 unspecified atom stereocenters. The first-order chi connectivity index (χ1) is 9.26. The third-order valence-corrected chi connectivity index (χ3v) is 4.32. The smallest absolute Gasteiger partial charge is 0.321 e. The number of esters is 1. The average molecular weight is 278 g/mol. The summed E-state index contributed by atoms with van der Waals surface area (Å²) in [5.41, 5.74) is -0.710. The van der Waals surface area contributed by atoms with Gasteiger partial charge in [0.25, 0.3) is 0 Å². The van der Waals surface area contributed by atoms with Crippen LogP contribution < -0.4 is 0 Å². The summed E-state index contributed by atoms with van der Waals surface area (Å²) in [7, 11) is 0. The summed E-state index contributed by atoms with van der Waals surface area (Å²) >= 11 is 1.54. The summed E-state index contributed by atoms with van der Waals surface area (Å²) in [5.74, 6) is 0.684. The van der Waals surface area contributed by atoms with Crippen LogP contribution in [0.2, 0.25) is 0 Å². The molecule has 0 bridgehead atoms. The van der Waals surface area contributed by atoms with Crippen molar-refractivity contribution in [2.24, 2.45) is 0 Å². The highest BCUT2D eigenvalue weighted by molar-refractivity contribution is 7.13. The minimum Gasteiger partial charge on any atom is -0.465 e. The van der Waals surface area contributed by atoms with Crippen molar-refractivity contribution in [3.63, 3.8) is 0 Å². The summed E-state index contributed by atoms with van der Waals surface area (Å²) in [5, 5.41) is 5.92. The standard InChI is InChI=1S/C13H14N2O3S/c1-2-17-12(16)13(6-4-7-13)11-14-10(15-18-11)9-5-3-8-19-9/h3,5,8H,2,4,6-7H2,1H3. The van der Waals surface area contributed by atoms with Crippen molar-refractivity contribution in [1.29, 1.82) is 0 Å². The van der Waals surface area contributed by atoms with Gasteiger partial charge < -0.3 is 9.26 Å². The number of thiophene rings is 1. The van der Waals surface area contributed by atoms with Crippen molar-refractivity contribution in [3.05, 3.63) is 23.4 Å². The zero-order valence-electron chi connectivity index (χ0n) is 10.6. The molecule has 2 aromatic rings. The first kappa shape index (κ1) is 12.3. The molecule has 2 heterocycles. The van der Waals surface area contributed by atoms with E-state index in [2.05, 4.69) is 10.1 Å². The van der Waals surface area contributed by atoms with E-state index in [4.69, 9.17) is 9.26 Å². The Morgan fingerprint density at radius 3 is 3.00 bits per heavy atom. The lowest BCUT2D eigenvalue weighted by Crippen LogP contribution is -2.44. The Labute approximate surface area is 114 Å². The fourth-order valence-corrected chi connectivity index (χ4v) is 2.88. The van der Waals surface area contributed by atoms with Crippen molar-refractivity contribution in [2.45, 2.75) is 31.6 Å². The summed E-state index contributed by atoms with van der Waals surface area (Å²) in [6.07, 6.45) is 2.42. The Morgan fingerprint density at radius 1 is 1.58 bits per heavy atom. The molecule has 0 aliphatic heterocycles. The van der Waals surface area contributed by atoms with Crippen LogP contribution in [0.5, 0.6) is 0 Å². The van der Waals surface area contributed by atoms with Gasteiger partial charge in [-0.15, -0.1) is 11.3 Å². The van der Waals surface area contributed by atoms with Crippen LogP contribution in [0.1, 0.15) is 32.1 Å². The normalized spacial score (nSPS) is 16.9. The van der Waals surface area contributed by atoms with Crippen molar-refractivity contribution >= 4 is 17.3 Å². The Balaban J connectivity index is 1.91. The van der Waals surface area contributed by atoms with E-state index < -0.39 is 5.41 Å². The molecule has 0 radical (unpaired) electrons. The quantitative estimate of drug-likeness (QED) is 0.805. The van der Waals surface area contributed by atoms with Crippen LogP contribution in [-0.2, 0) is 14.9 Å². The number of hydrogen-bond donors (Lipinski definition) is 0. The van der Waals surface area contributed by atoms with E-state index in [0.717, 1.165) is 24.1 Å². The number of carbonyl (C=O) groups is 1. The van der Waals surface area contributed by atoms with Crippen LogP contribution >= 0.6 is 11.3 Å². The zero-order chi connectivity index (χ0) is 13.3. The monoisotopic (exact) mass is 278 g/mol. The molecule has 0 N–H and O–H groups in total. The first-order valence-corrected chi connectivity index (χ1v) is 7.19. The van der Waals surface area contributed by atoms with E-state index in [1.807, 2.05) is 17.5 Å². The molecule has 1 aliphatic carbocycles. The van der Waals surface area contributed by atoms with Crippen LogP contribution in [0.3, 0.4) is 0 Å². The lowest BCUT2D eigenvalue weighted by atomic mass is 9.68. The van der Waals surface area contributed by atoms with Crippen molar-refractivity contribution in [2.75, 3.05) is 6.61 Å². The van der Waals surface area contributed by atoms with Gasteiger partial charge >= 0.3 is 5.97 Å². The molecule has 0 amide bonds. The number of carbonyl (C=O) groups excluding carboxylic acids is 1. The van der Waals surface area contributed by atoms with Crippen LogP contribution in [0.4, 0.5) is 0 Å². The van der Waals surface area contributed by atoms with Crippen LogP contribution in [0, 0.1) is 0 Å². The third-order valence-electron chi connectivity index (χ3n) is 3.45. The summed E-state index contributed by atoms with van der Waals surface area (Å²) in [6, 6.07) is 3.86. The van der Waals surface area contributed by atoms with E-state index in [1.165, 1.54) is 0 Å². The van der Waals surface area contributed by atoms with Gasteiger partial charge in [-0.25, -0.2) is 0 Å². The van der Waals surface area contributed by atoms with Gasteiger partial charge in [-0.2, -0.15) is 4.98 Å². The molecule has 0 aromatic carbocycles. The third kappa shape index (κ3) is 1.96. The number of rotatable bonds is 4. The highest BCUT2D eigenvalue weighted by Crippen LogP contribution is 2.44. The van der Waals surface area contributed by atoms with Gasteiger partial charge in [0.05, 0.1) is 11.5 Å². The van der Waals surface area contributed by atoms with Gasteiger partial charge in [0, 0.05) is 0 Å². The maximum atomic E-state index is 12.1.